The van der Waals surface area contributed by atoms with Crippen LogP contribution in [0.1, 0.15) is 19.4 Å². The van der Waals surface area contributed by atoms with Gasteiger partial charge in [0.2, 0.25) is 5.13 Å². The highest BCUT2D eigenvalue weighted by Crippen LogP contribution is 2.28. The number of rotatable bonds is 7. The van der Waals surface area contributed by atoms with Gasteiger partial charge in [0.15, 0.2) is 0 Å². The number of thiophene rings is 1. The Morgan fingerprint density at radius 3 is 2.96 bits per heavy atom. The van der Waals surface area contributed by atoms with Crippen LogP contribution in [0.3, 0.4) is 0 Å². The zero-order valence-corrected chi connectivity index (χ0v) is 15.2. The summed E-state index contributed by atoms with van der Waals surface area (Å²) >= 11 is 3.23. The minimum atomic E-state index is 0.506. The Hall–Kier alpha value is -2.18. The molecule has 3 aromatic rings. The molecular formula is C18H19N3OS2. The van der Waals surface area contributed by atoms with Gasteiger partial charge < -0.3 is 4.74 Å². The normalized spacial score (nSPS) is 11.3. The molecule has 0 amide bonds. The third-order valence-electron chi connectivity index (χ3n) is 3.09. The first-order chi connectivity index (χ1) is 11.7. The van der Waals surface area contributed by atoms with Crippen molar-refractivity contribution < 1.29 is 4.74 Å². The molecule has 124 valence electrons. The molecule has 0 aliphatic carbocycles. The summed E-state index contributed by atoms with van der Waals surface area (Å²) in [6, 6.07) is 12.0. The molecule has 0 aliphatic rings. The Labute approximate surface area is 149 Å². The van der Waals surface area contributed by atoms with Gasteiger partial charge in [0.05, 0.1) is 23.4 Å². The fourth-order valence-corrected chi connectivity index (χ4v) is 3.39. The topological polar surface area (TPSA) is 46.5 Å². The number of hydrogen-bond acceptors (Lipinski definition) is 6. The molecule has 2 aromatic heterocycles. The number of anilines is 1. The van der Waals surface area contributed by atoms with E-state index >= 15 is 0 Å². The molecule has 24 heavy (non-hydrogen) atoms. The lowest BCUT2D eigenvalue weighted by Gasteiger charge is -2.08. The number of nitrogens with one attached hydrogen (secondary N) is 1. The first-order valence-corrected chi connectivity index (χ1v) is 9.48. The first-order valence-electron chi connectivity index (χ1n) is 7.72. The predicted molar refractivity (Wildman–Crippen MR) is 103 cm³/mol. The van der Waals surface area contributed by atoms with Gasteiger partial charge in [0.1, 0.15) is 5.75 Å². The van der Waals surface area contributed by atoms with E-state index < -0.39 is 0 Å². The van der Waals surface area contributed by atoms with Crippen molar-refractivity contribution in [2.24, 2.45) is 11.0 Å². The predicted octanol–water partition coefficient (Wildman–Crippen LogP) is 5.35. The maximum Gasteiger partial charge on any atom is 0.203 e. The largest absolute Gasteiger partial charge is 0.493 e. The first kappa shape index (κ1) is 16.7. The van der Waals surface area contributed by atoms with Crippen molar-refractivity contribution in [2.75, 3.05) is 12.0 Å². The SMILES string of the molecule is CC(C)COc1cccc(/C=N\Nc2nc(-c3cccs3)cs2)c1. The molecule has 0 atom stereocenters. The molecule has 0 saturated heterocycles. The van der Waals surface area contributed by atoms with Crippen LogP contribution in [0.5, 0.6) is 5.75 Å². The fourth-order valence-electron chi connectivity index (χ4n) is 1.97. The monoisotopic (exact) mass is 357 g/mol. The highest BCUT2D eigenvalue weighted by molar-refractivity contribution is 7.15. The highest BCUT2D eigenvalue weighted by atomic mass is 32.1. The van der Waals surface area contributed by atoms with E-state index in [0.717, 1.165) is 22.1 Å². The van der Waals surface area contributed by atoms with Crippen LogP contribution in [0.2, 0.25) is 0 Å². The molecule has 0 aliphatic heterocycles. The van der Waals surface area contributed by atoms with Gasteiger partial charge in [-0.15, -0.1) is 22.7 Å². The summed E-state index contributed by atoms with van der Waals surface area (Å²) in [6.45, 7) is 4.98. The van der Waals surface area contributed by atoms with Crippen molar-refractivity contribution in [3.8, 4) is 16.3 Å². The average Bonchev–Trinajstić information content (AvgIpc) is 3.24. The van der Waals surface area contributed by atoms with Crippen molar-refractivity contribution in [3.63, 3.8) is 0 Å². The molecule has 0 bridgehead atoms. The van der Waals surface area contributed by atoms with Gasteiger partial charge in [0, 0.05) is 5.38 Å². The van der Waals surface area contributed by atoms with Gasteiger partial charge in [-0.25, -0.2) is 4.98 Å². The Morgan fingerprint density at radius 2 is 2.17 bits per heavy atom. The molecule has 6 heteroatoms. The van der Waals surface area contributed by atoms with E-state index in [2.05, 4.69) is 35.4 Å². The minimum Gasteiger partial charge on any atom is -0.493 e. The van der Waals surface area contributed by atoms with Gasteiger partial charge in [0.25, 0.3) is 0 Å². The lowest BCUT2D eigenvalue weighted by atomic mass is 10.2. The second-order valence-electron chi connectivity index (χ2n) is 5.66. The van der Waals surface area contributed by atoms with Crippen LogP contribution in [0.25, 0.3) is 10.6 Å². The average molecular weight is 358 g/mol. The molecule has 4 nitrogen and oxygen atoms in total. The Bertz CT molecular complexity index is 794. The maximum absolute atomic E-state index is 5.73. The van der Waals surface area contributed by atoms with E-state index in [-0.39, 0.29) is 0 Å². The molecule has 0 saturated carbocycles. The summed E-state index contributed by atoms with van der Waals surface area (Å²) in [4.78, 5) is 5.69. The minimum absolute atomic E-state index is 0.506. The lowest BCUT2D eigenvalue weighted by Crippen LogP contribution is -2.04. The second-order valence-corrected chi connectivity index (χ2v) is 7.47. The van der Waals surface area contributed by atoms with Gasteiger partial charge in [-0.3, -0.25) is 5.43 Å². The molecule has 0 spiro atoms. The summed E-state index contributed by atoms with van der Waals surface area (Å²) < 4.78 is 5.73. The molecule has 2 heterocycles. The summed E-state index contributed by atoms with van der Waals surface area (Å²) in [5.41, 5.74) is 4.95. The fraction of sp³-hybridized carbons (Fsp3) is 0.222. The molecule has 0 fully saturated rings. The zero-order chi connectivity index (χ0) is 16.8. The number of ether oxygens (including phenoxy) is 1. The van der Waals surface area contributed by atoms with Crippen LogP contribution in [-0.2, 0) is 0 Å². The van der Waals surface area contributed by atoms with Crippen LogP contribution in [0.15, 0.2) is 52.3 Å². The van der Waals surface area contributed by atoms with Crippen LogP contribution >= 0.6 is 22.7 Å². The van der Waals surface area contributed by atoms with E-state index in [0.29, 0.717) is 12.5 Å². The molecular weight excluding hydrogens is 338 g/mol. The van der Waals surface area contributed by atoms with Crippen molar-refractivity contribution in [1.29, 1.82) is 0 Å². The van der Waals surface area contributed by atoms with E-state index in [1.165, 1.54) is 4.88 Å². The van der Waals surface area contributed by atoms with Crippen LogP contribution < -0.4 is 10.2 Å². The summed E-state index contributed by atoms with van der Waals surface area (Å²) in [7, 11) is 0. The third-order valence-corrected chi connectivity index (χ3v) is 4.73. The Balaban J connectivity index is 1.59. The summed E-state index contributed by atoms with van der Waals surface area (Å²) in [5.74, 6) is 1.37. The van der Waals surface area contributed by atoms with E-state index in [1.807, 2.05) is 41.1 Å². The zero-order valence-electron chi connectivity index (χ0n) is 13.6. The van der Waals surface area contributed by atoms with Crippen molar-refractivity contribution in [1.82, 2.24) is 4.98 Å². The van der Waals surface area contributed by atoms with Gasteiger partial charge in [-0.2, -0.15) is 5.10 Å². The molecule has 3 rings (SSSR count). The maximum atomic E-state index is 5.73. The van der Waals surface area contributed by atoms with Crippen molar-refractivity contribution in [3.05, 3.63) is 52.7 Å². The van der Waals surface area contributed by atoms with Crippen LogP contribution in [0.4, 0.5) is 5.13 Å². The standard InChI is InChI=1S/C18H19N3OS2/c1-13(2)11-22-15-6-3-5-14(9-15)10-19-21-18-20-16(12-24-18)17-7-4-8-23-17/h3-10,12-13H,11H2,1-2H3,(H,20,21)/b19-10-. The van der Waals surface area contributed by atoms with E-state index in [9.17, 15) is 0 Å². The van der Waals surface area contributed by atoms with Crippen LogP contribution in [0, 0.1) is 5.92 Å². The number of hydrogen-bond donors (Lipinski definition) is 1. The summed E-state index contributed by atoms with van der Waals surface area (Å²) in [5, 5.41) is 9.12. The van der Waals surface area contributed by atoms with Crippen molar-refractivity contribution in [2.45, 2.75) is 13.8 Å². The molecule has 0 radical (unpaired) electrons. The second kappa shape index (κ2) is 8.08. The van der Waals surface area contributed by atoms with Gasteiger partial charge >= 0.3 is 0 Å². The van der Waals surface area contributed by atoms with E-state index in [4.69, 9.17) is 4.74 Å². The number of benzene rings is 1. The van der Waals surface area contributed by atoms with Crippen LogP contribution in [-0.4, -0.2) is 17.8 Å². The van der Waals surface area contributed by atoms with Gasteiger partial charge in [-0.05, 0) is 35.1 Å². The van der Waals surface area contributed by atoms with Crippen molar-refractivity contribution >= 4 is 34.0 Å². The molecule has 1 N–H and O–H groups in total. The number of nitrogens with zero attached hydrogens (tertiary/aromatic N) is 2. The Morgan fingerprint density at radius 1 is 1.25 bits per heavy atom. The number of aromatic nitrogens is 1. The third kappa shape index (κ3) is 4.66. The highest BCUT2D eigenvalue weighted by Gasteiger charge is 2.04. The quantitative estimate of drug-likeness (QED) is 0.458. The van der Waals surface area contributed by atoms with Gasteiger partial charge in [-0.1, -0.05) is 32.0 Å². The Kier molecular flexibility index (Phi) is 5.61. The molecule has 0 unspecified atom stereocenters. The smallest absolute Gasteiger partial charge is 0.203 e. The summed E-state index contributed by atoms with van der Waals surface area (Å²) in [6.07, 6.45) is 1.77. The van der Waals surface area contributed by atoms with E-state index in [1.54, 1.807) is 28.9 Å². The lowest BCUT2D eigenvalue weighted by molar-refractivity contribution is 0.271. The number of thiazole rings is 1. The number of hydrazone groups is 1. The molecule has 1 aromatic carbocycles.